The zero-order chi connectivity index (χ0) is 28.2. The summed E-state index contributed by atoms with van der Waals surface area (Å²) in [6.07, 6.45) is 19.6. The third kappa shape index (κ3) is 8.89. The van der Waals surface area contributed by atoms with Gasteiger partial charge in [-0.3, -0.25) is 0 Å². The van der Waals surface area contributed by atoms with E-state index in [-0.39, 0.29) is 17.3 Å². The van der Waals surface area contributed by atoms with Crippen LogP contribution < -0.4 is 5.46 Å². The van der Waals surface area contributed by atoms with Crippen molar-refractivity contribution in [2.75, 3.05) is 13.2 Å². The van der Waals surface area contributed by atoms with Crippen molar-refractivity contribution in [3.8, 4) is 0 Å². The van der Waals surface area contributed by atoms with Crippen LogP contribution in [0.15, 0.2) is 36.4 Å². The second-order valence-corrected chi connectivity index (χ2v) is 12.4. The van der Waals surface area contributed by atoms with E-state index in [0.29, 0.717) is 18.8 Å². The number of rotatable bonds is 15. The van der Waals surface area contributed by atoms with Gasteiger partial charge >= 0.3 is 7.12 Å². The molecule has 2 aromatic rings. The normalized spacial score (nSPS) is 20.2. The van der Waals surface area contributed by atoms with Crippen LogP contribution in [0.3, 0.4) is 0 Å². The number of benzene rings is 2. The highest BCUT2D eigenvalue weighted by atomic mass is 19.2. The van der Waals surface area contributed by atoms with Crippen LogP contribution in [-0.4, -0.2) is 20.3 Å². The molecule has 5 heteroatoms. The van der Waals surface area contributed by atoms with Crippen LogP contribution in [0, 0.1) is 17.6 Å². The Balaban J connectivity index is 1.23. The van der Waals surface area contributed by atoms with Gasteiger partial charge in [-0.2, -0.15) is 0 Å². The first kappa shape index (κ1) is 31.2. The summed E-state index contributed by atoms with van der Waals surface area (Å²) in [7, 11) is -0.856. The van der Waals surface area contributed by atoms with Gasteiger partial charge in [0.2, 0.25) is 0 Å². The first-order valence-corrected chi connectivity index (χ1v) is 16.4. The lowest BCUT2D eigenvalue weighted by molar-refractivity contribution is 0.120. The van der Waals surface area contributed by atoms with Crippen molar-refractivity contribution in [3.05, 3.63) is 64.7 Å². The minimum absolute atomic E-state index is 0.101. The fraction of sp³-hybridized carbons (Fsp3) is 0.657. The first-order chi connectivity index (χ1) is 19.6. The van der Waals surface area contributed by atoms with Crippen LogP contribution in [0.5, 0.6) is 0 Å². The molecule has 2 aliphatic rings. The summed E-state index contributed by atoms with van der Waals surface area (Å²) >= 11 is 0. The largest absolute Gasteiger partial charge is 0.497 e. The Morgan fingerprint density at radius 2 is 1.30 bits per heavy atom. The summed E-state index contributed by atoms with van der Waals surface area (Å²) in [5.74, 6) is -0.562. The quantitative estimate of drug-likeness (QED) is 0.162. The molecule has 1 heterocycles. The molecule has 4 rings (SSSR count). The molecule has 0 aromatic heterocycles. The van der Waals surface area contributed by atoms with Gasteiger partial charge in [-0.1, -0.05) is 114 Å². The van der Waals surface area contributed by atoms with Crippen molar-refractivity contribution in [1.82, 2.24) is 0 Å². The number of hydrogen-bond acceptors (Lipinski definition) is 2. The van der Waals surface area contributed by atoms with Gasteiger partial charge < -0.3 is 9.31 Å². The summed E-state index contributed by atoms with van der Waals surface area (Å²) < 4.78 is 42.3. The molecule has 220 valence electrons. The van der Waals surface area contributed by atoms with Crippen LogP contribution in [0.1, 0.15) is 139 Å². The van der Waals surface area contributed by atoms with Crippen LogP contribution in [0.4, 0.5) is 8.78 Å². The van der Waals surface area contributed by atoms with Crippen molar-refractivity contribution in [2.45, 2.75) is 128 Å². The van der Waals surface area contributed by atoms with E-state index < -0.39 is 18.8 Å². The van der Waals surface area contributed by atoms with E-state index in [4.69, 9.17) is 9.31 Å². The van der Waals surface area contributed by atoms with Gasteiger partial charge in [-0.05, 0) is 67.1 Å². The van der Waals surface area contributed by atoms with Crippen molar-refractivity contribution < 1.29 is 18.1 Å². The molecule has 1 aliphatic heterocycles. The molecule has 0 amide bonds. The number of unbranched alkanes of at least 4 members (excludes halogenated alkanes) is 8. The molecule has 0 radical (unpaired) electrons. The topological polar surface area (TPSA) is 18.5 Å². The number of halogens is 2. The van der Waals surface area contributed by atoms with Crippen LogP contribution in [0.2, 0.25) is 0 Å². The Morgan fingerprint density at radius 1 is 0.675 bits per heavy atom. The summed E-state index contributed by atoms with van der Waals surface area (Å²) in [6.45, 7) is 5.36. The molecule has 0 spiro atoms. The van der Waals surface area contributed by atoms with Crippen LogP contribution in [0.25, 0.3) is 0 Å². The van der Waals surface area contributed by atoms with E-state index in [1.165, 1.54) is 81.8 Å². The maximum Gasteiger partial charge on any atom is 0.497 e. The predicted octanol–water partition coefficient (Wildman–Crippen LogP) is 9.64. The molecule has 40 heavy (non-hydrogen) atoms. The van der Waals surface area contributed by atoms with Crippen molar-refractivity contribution >= 4 is 12.6 Å². The summed E-state index contributed by atoms with van der Waals surface area (Å²) in [5, 5.41) is 0. The SMILES string of the molecule is CCCCCCCCCc1ccc(C2COB(c3ccc(C4CCC(CCCCC)CC4)c(F)c3F)OC2)cc1. The van der Waals surface area contributed by atoms with Crippen molar-refractivity contribution in [1.29, 1.82) is 0 Å². The van der Waals surface area contributed by atoms with E-state index in [9.17, 15) is 0 Å². The lowest BCUT2D eigenvalue weighted by Crippen LogP contribution is -2.45. The third-order valence-electron chi connectivity index (χ3n) is 9.32. The maximum absolute atomic E-state index is 15.2. The molecule has 0 bridgehead atoms. The van der Waals surface area contributed by atoms with Gasteiger partial charge in [-0.25, -0.2) is 8.78 Å². The monoisotopic (exact) mass is 552 g/mol. The van der Waals surface area contributed by atoms with E-state index in [1.54, 1.807) is 12.1 Å². The standard InChI is InChI=1S/C35H51BF2O2/c1-3-5-7-8-9-10-12-14-28-15-19-29(20-16-28)31-25-39-36(40-26-31)33-24-23-32(34(37)35(33)38)30-21-17-27(18-22-30)13-11-6-4-2/h15-16,19-20,23-24,27,30-31H,3-14,17-18,21-22,25-26H2,1-2H3. The van der Waals surface area contributed by atoms with Gasteiger partial charge in [0.1, 0.15) is 0 Å². The second-order valence-electron chi connectivity index (χ2n) is 12.4. The molecular weight excluding hydrogens is 501 g/mol. The molecule has 2 aromatic carbocycles. The van der Waals surface area contributed by atoms with Gasteiger partial charge in [0.15, 0.2) is 11.6 Å². The Morgan fingerprint density at radius 3 is 1.98 bits per heavy atom. The Hall–Kier alpha value is -1.72. The molecule has 1 aliphatic carbocycles. The molecule has 2 nitrogen and oxygen atoms in total. The van der Waals surface area contributed by atoms with Crippen LogP contribution in [-0.2, 0) is 15.7 Å². The zero-order valence-corrected chi connectivity index (χ0v) is 25.1. The van der Waals surface area contributed by atoms with E-state index in [0.717, 1.165) is 38.0 Å². The number of hydrogen-bond donors (Lipinski definition) is 0. The Kier molecular flexibility index (Phi) is 13.0. The fourth-order valence-corrected chi connectivity index (χ4v) is 6.64. The summed E-state index contributed by atoms with van der Waals surface area (Å²) in [5.41, 5.74) is 3.25. The average molecular weight is 553 g/mol. The zero-order valence-electron chi connectivity index (χ0n) is 25.1. The molecule has 0 N–H and O–H groups in total. The molecule has 1 saturated carbocycles. The molecule has 1 saturated heterocycles. The highest BCUT2D eigenvalue weighted by Gasteiger charge is 2.35. The lowest BCUT2D eigenvalue weighted by atomic mass is 9.73. The highest BCUT2D eigenvalue weighted by Crippen LogP contribution is 2.39. The Bertz CT molecular complexity index is 995. The van der Waals surface area contributed by atoms with Gasteiger partial charge in [-0.15, -0.1) is 0 Å². The van der Waals surface area contributed by atoms with Crippen molar-refractivity contribution in [2.24, 2.45) is 5.92 Å². The minimum atomic E-state index is -0.856. The van der Waals surface area contributed by atoms with Gasteiger partial charge in [0.25, 0.3) is 0 Å². The first-order valence-electron chi connectivity index (χ1n) is 16.4. The van der Waals surface area contributed by atoms with Crippen molar-refractivity contribution in [3.63, 3.8) is 0 Å². The smallest absolute Gasteiger partial charge is 0.406 e. The third-order valence-corrected chi connectivity index (χ3v) is 9.32. The maximum atomic E-state index is 15.2. The molecule has 0 unspecified atom stereocenters. The van der Waals surface area contributed by atoms with Gasteiger partial charge in [0, 0.05) is 24.6 Å². The average Bonchev–Trinajstić information content (AvgIpc) is 2.99. The Labute approximate surface area is 242 Å². The molecule has 0 atom stereocenters. The summed E-state index contributed by atoms with van der Waals surface area (Å²) in [4.78, 5) is 0. The molecular formula is C35H51BF2O2. The van der Waals surface area contributed by atoms with E-state index >= 15 is 8.78 Å². The fourth-order valence-electron chi connectivity index (χ4n) is 6.64. The predicted molar refractivity (Wildman–Crippen MR) is 163 cm³/mol. The van der Waals surface area contributed by atoms with Gasteiger partial charge in [0.05, 0.1) is 0 Å². The number of aryl methyl sites for hydroxylation is 1. The lowest BCUT2D eigenvalue weighted by Gasteiger charge is -2.30. The highest BCUT2D eigenvalue weighted by molar-refractivity contribution is 6.61. The minimum Gasteiger partial charge on any atom is -0.406 e. The second kappa shape index (κ2) is 16.7. The van der Waals surface area contributed by atoms with E-state index in [1.807, 2.05) is 0 Å². The summed E-state index contributed by atoms with van der Waals surface area (Å²) in [6, 6.07) is 12.2. The molecule has 2 fully saturated rings. The van der Waals surface area contributed by atoms with Crippen LogP contribution >= 0.6 is 0 Å². The van der Waals surface area contributed by atoms with E-state index in [2.05, 4.69) is 38.1 Å².